The van der Waals surface area contributed by atoms with Crippen molar-refractivity contribution in [3.8, 4) is 17.2 Å². The molecule has 2 aromatic carbocycles. The highest BCUT2D eigenvalue weighted by atomic mass is 16.5. The molecule has 0 spiro atoms. The Labute approximate surface area is 194 Å². The highest BCUT2D eigenvalue weighted by Crippen LogP contribution is 2.42. The van der Waals surface area contributed by atoms with Crippen molar-refractivity contribution in [2.45, 2.75) is 39.7 Å². The zero-order chi connectivity index (χ0) is 24.3. The topological polar surface area (TPSA) is 85.3 Å². The van der Waals surface area contributed by atoms with Gasteiger partial charge in [-0.05, 0) is 61.2 Å². The predicted molar refractivity (Wildman–Crippen MR) is 126 cm³/mol. The first-order chi connectivity index (χ1) is 15.8. The number of aliphatic hydroxyl groups excluding tert-OH is 1. The average Bonchev–Trinajstić information content (AvgIpc) is 3.07. The fraction of sp³-hybridized carbons (Fsp3) is 0.385. The lowest BCUT2D eigenvalue weighted by Crippen LogP contribution is -2.30. The molecular formula is C26H31NO6. The second-order valence-corrected chi connectivity index (χ2v) is 8.10. The molecular weight excluding hydrogens is 422 g/mol. The first-order valence-corrected chi connectivity index (χ1v) is 10.9. The molecule has 1 unspecified atom stereocenters. The number of carbonyl (C=O) groups is 2. The minimum Gasteiger partial charge on any atom is -0.507 e. The molecule has 176 valence electrons. The van der Waals surface area contributed by atoms with Crippen LogP contribution in [0, 0.1) is 13.8 Å². The van der Waals surface area contributed by atoms with Crippen molar-refractivity contribution >= 4 is 17.4 Å². The van der Waals surface area contributed by atoms with Crippen LogP contribution in [-0.4, -0.2) is 49.6 Å². The van der Waals surface area contributed by atoms with Crippen molar-refractivity contribution in [1.29, 1.82) is 0 Å². The molecule has 0 radical (unpaired) electrons. The Morgan fingerprint density at radius 1 is 0.939 bits per heavy atom. The molecule has 7 heteroatoms. The minimum atomic E-state index is -0.738. The Bertz CT molecular complexity index is 1100. The van der Waals surface area contributed by atoms with Crippen LogP contribution in [0.3, 0.4) is 0 Å². The molecule has 1 atom stereocenters. The number of methoxy groups -OCH3 is 3. The monoisotopic (exact) mass is 453 g/mol. The molecule has 0 aliphatic carbocycles. The van der Waals surface area contributed by atoms with E-state index in [1.54, 1.807) is 38.5 Å². The van der Waals surface area contributed by atoms with Crippen LogP contribution in [0.5, 0.6) is 17.2 Å². The van der Waals surface area contributed by atoms with E-state index in [1.807, 2.05) is 26.8 Å². The average molecular weight is 454 g/mol. The maximum Gasteiger partial charge on any atom is 0.295 e. The van der Waals surface area contributed by atoms with Gasteiger partial charge in [0, 0.05) is 12.1 Å². The van der Waals surface area contributed by atoms with Crippen molar-refractivity contribution in [2.24, 2.45) is 0 Å². The SMILES string of the molecule is CCCCN1C(=O)C(=O)/C(=C(/O)c2cc(C)c(OC)cc2C)C1c1ccc(OC)c(OC)c1. The zero-order valence-electron chi connectivity index (χ0n) is 20.0. The van der Waals surface area contributed by atoms with Gasteiger partial charge in [0.1, 0.15) is 11.5 Å². The number of ether oxygens (including phenoxy) is 3. The fourth-order valence-electron chi connectivity index (χ4n) is 4.22. The van der Waals surface area contributed by atoms with Gasteiger partial charge in [-0.2, -0.15) is 0 Å². The van der Waals surface area contributed by atoms with Gasteiger partial charge in [-0.15, -0.1) is 0 Å². The number of likely N-dealkylation sites (tertiary alicyclic amines) is 1. The van der Waals surface area contributed by atoms with E-state index in [2.05, 4.69) is 0 Å². The summed E-state index contributed by atoms with van der Waals surface area (Å²) < 4.78 is 16.1. The van der Waals surface area contributed by atoms with Gasteiger partial charge >= 0.3 is 0 Å². The molecule has 1 fully saturated rings. The number of hydrogen-bond donors (Lipinski definition) is 1. The molecule has 3 rings (SSSR count). The van der Waals surface area contributed by atoms with E-state index in [9.17, 15) is 14.7 Å². The van der Waals surface area contributed by atoms with Crippen LogP contribution in [0.2, 0.25) is 0 Å². The van der Waals surface area contributed by atoms with E-state index in [4.69, 9.17) is 14.2 Å². The van der Waals surface area contributed by atoms with E-state index >= 15 is 0 Å². The smallest absolute Gasteiger partial charge is 0.295 e. The number of Topliss-reactive ketones (excluding diaryl/α,β-unsaturated/α-hetero) is 1. The Morgan fingerprint density at radius 3 is 2.21 bits per heavy atom. The highest BCUT2D eigenvalue weighted by Gasteiger charge is 2.46. The van der Waals surface area contributed by atoms with Gasteiger partial charge in [0.25, 0.3) is 11.7 Å². The molecule has 2 aromatic rings. The lowest BCUT2D eigenvalue weighted by atomic mass is 9.92. The minimum absolute atomic E-state index is 0.0657. The number of aryl methyl sites for hydroxylation is 2. The van der Waals surface area contributed by atoms with Crippen LogP contribution in [0.25, 0.3) is 5.76 Å². The molecule has 1 heterocycles. The Balaban J connectivity index is 2.24. The molecule has 1 saturated heterocycles. The molecule has 1 N–H and O–H groups in total. The van der Waals surface area contributed by atoms with Crippen LogP contribution < -0.4 is 14.2 Å². The molecule has 1 amide bonds. The molecule has 7 nitrogen and oxygen atoms in total. The van der Waals surface area contributed by atoms with Crippen LogP contribution in [-0.2, 0) is 9.59 Å². The van der Waals surface area contributed by atoms with Gasteiger partial charge in [-0.25, -0.2) is 0 Å². The van der Waals surface area contributed by atoms with Gasteiger partial charge in [0.2, 0.25) is 0 Å². The normalized spacial score (nSPS) is 17.4. The van der Waals surface area contributed by atoms with Crippen LogP contribution in [0.15, 0.2) is 35.9 Å². The molecule has 0 aromatic heterocycles. The number of nitrogens with zero attached hydrogens (tertiary/aromatic N) is 1. The van der Waals surface area contributed by atoms with E-state index < -0.39 is 17.7 Å². The molecule has 0 bridgehead atoms. The van der Waals surface area contributed by atoms with Gasteiger partial charge in [-0.1, -0.05) is 19.4 Å². The van der Waals surface area contributed by atoms with Crippen molar-refractivity contribution in [2.75, 3.05) is 27.9 Å². The quantitative estimate of drug-likeness (QED) is 0.359. The van der Waals surface area contributed by atoms with Gasteiger partial charge in [-0.3, -0.25) is 9.59 Å². The van der Waals surface area contributed by atoms with Crippen molar-refractivity contribution < 1.29 is 28.9 Å². The summed E-state index contributed by atoms with van der Waals surface area (Å²) in [7, 11) is 4.65. The number of aliphatic hydroxyl groups is 1. The predicted octanol–water partition coefficient (Wildman–Crippen LogP) is 4.55. The highest BCUT2D eigenvalue weighted by molar-refractivity contribution is 6.46. The number of unbranched alkanes of at least 4 members (excludes halogenated alkanes) is 1. The standard InChI is InChI=1S/C26H31NO6/c1-7-8-11-27-23(17-9-10-19(31-4)21(14-17)33-6)22(25(29)26(27)30)24(28)18-12-16(3)20(32-5)13-15(18)2/h9-10,12-14,23,28H,7-8,11H2,1-6H3/b24-22+. The summed E-state index contributed by atoms with van der Waals surface area (Å²) in [6, 6.07) is 8.11. The fourth-order valence-corrected chi connectivity index (χ4v) is 4.22. The summed E-state index contributed by atoms with van der Waals surface area (Å²) >= 11 is 0. The Hall–Kier alpha value is -3.48. The first kappa shape index (κ1) is 24.2. The van der Waals surface area contributed by atoms with Crippen molar-refractivity contribution in [3.05, 3.63) is 58.2 Å². The maximum absolute atomic E-state index is 13.2. The lowest BCUT2D eigenvalue weighted by Gasteiger charge is -2.26. The second kappa shape index (κ2) is 9.98. The van der Waals surface area contributed by atoms with E-state index in [0.29, 0.717) is 34.9 Å². The van der Waals surface area contributed by atoms with Crippen molar-refractivity contribution in [3.63, 3.8) is 0 Å². The number of rotatable bonds is 8. The summed E-state index contributed by atoms with van der Waals surface area (Å²) in [5.74, 6) is 0.184. The molecule has 1 aliphatic rings. The maximum atomic E-state index is 13.2. The van der Waals surface area contributed by atoms with Crippen LogP contribution in [0.4, 0.5) is 0 Å². The van der Waals surface area contributed by atoms with Crippen molar-refractivity contribution in [1.82, 2.24) is 4.90 Å². The third kappa shape index (κ3) is 4.40. The first-order valence-electron chi connectivity index (χ1n) is 10.9. The molecule has 33 heavy (non-hydrogen) atoms. The summed E-state index contributed by atoms with van der Waals surface area (Å²) in [6.07, 6.45) is 1.59. The van der Waals surface area contributed by atoms with Gasteiger partial charge < -0.3 is 24.2 Å². The molecule has 1 aliphatic heterocycles. The third-order valence-corrected chi connectivity index (χ3v) is 6.01. The lowest BCUT2D eigenvalue weighted by molar-refractivity contribution is -0.139. The number of benzene rings is 2. The largest absolute Gasteiger partial charge is 0.507 e. The van der Waals surface area contributed by atoms with Gasteiger partial charge in [0.15, 0.2) is 11.5 Å². The summed E-state index contributed by atoms with van der Waals surface area (Å²) in [4.78, 5) is 27.7. The summed E-state index contributed by atoms with van der Waals surface area (Å²) in [6.45, 7) is 6.11. The van der Waals surface area contributed by atoms with E-state index in [0.717, 1.165) is 24.0 Å². The third-order valence-electron chi connectivity index (χ3n) is 6.01. The molecule has 0 saturated carbocycles. The van der Waals surface area contributed by atoms with Crippen LogP contribution in [0.1, 0.15) is 48.1 Å². The van der Waals surface area contributed by atoms with Gasteiger partial charge in [0.05, 0.1) is 32.9 Å². The number of ketones is 1. The number of hydrogen-bond acceptors (Lipinski definition) is 6. The summed E-state index contributed by atoms with van der Waals surface area (Å²) in [5.41, 5.74) is 2.77. The Morgan fingerprint density at radius 2 is 1.61 bits per heavy atom. The van der Waals surface area contributed by atoms with Crippen LogP contribution >= 0.6 is 0 Å². The van der Waals surface area contributed by atoms with E-state index in [-0.39, 0.29) is 11.3 Å². The van der Waals surface area contributed by atoms with E-state index in [1.165, 1.54) is 12.0 Å². The Kier molecular flexibility index (Phi) is 7.31. The zero-order valence-corrected chi connectivity index (χ0v) is 20.0. The second-order valence-electron chi connectivity index (χ2n) is 8.10. The number of carbonyl (C=O) groups excluding carboxylic acids is 2. The number of amides is 1. The summed E-state index contributed by atoms with van der Waals surface area (Å²) in [5, 5.41) is 11.4.